The summed E-state index contributed by atoms with van der Waals surface area (Å²) in [6.07, 6.45) is 11.2. The monoisotopic (exact) mass is 520 g/mol. The lowest BCUT2D eigenvalue weighted by Crippen LogP contribution is -2.17. The van der Waals surface area contributed by atoms with Crippen LogP contribution in [-0.2, 0) is 0 Å². The lowest BCUT2D eigenvalue weighted by atomic mass is 9.85. The van der Waals surface area contributed by atoms with E-state index in [1.54, 1.807) is 0 Å². The second kappa shape index (κ2) is 8.93. The van der Waals surface area contributed by atoms with Gasteiger partial charge in [-0.05, 0) is 41.7 Å². The third-order valence-electron chi connectivity index (χ3n) is 8.30. The standard InChI is InChI=1S/C36H28N2S/c1-23-10-9-13-25(20-23)31-21-26(24-11-3-2-4-12-24)22-34(37-31)38-32-16-7-5-14-27(32)29-18-19-30-28-15-6-8-17-33(28)39-36(30)35(29)38/h2-19,22-23,26H,20-21H2,1H3/t23-,26?/m1/s1. The van der Waals surface area contributed by atoms with Gasteiger partial charge in [0.05, 0.1) is 15.7 Å². The maximum atomic E-state index is 5.46. The molecule has 0 spiro atoms. The van der Waals surface area contributed by atoms with Gasteiger partial charge in [-0.15, -0.1) is 11.3 Å². The molecular formula is C36H28N2S. The molecule has 0 bridgehead atoms. The molecule has 4 aromatic carbocycles. The fourth-order valence-corrected chi connectivity index (χ4v) is 7.68. The molecule has 0 N–H and O–H groups in total. The van der Waals surface area contributed by atoms with Crippen LogP contribution in [0.1, 0.15) is 31.2 Å². The summed E-state index contributed by atoms with van der Waals surface area (Å²) >= 11 is 1.89. The predicted octanol–water partition coefficient (Wildman–Crippen LogP) is 10.1. The van der Waals surface area contributed by atoms with E-state index in [0.29, 0.717) is 5.92 Å². The van der Waals surface area contributed by atoms with E-state index in [9.17, 15) is 0 Å². The minimum absolute atomic E-state index is 0.272. The van der Waals surface area contributed by atoms with E-state index in [4.69, 9.17) is 4.99 Å². The Hall–Kier alpha value is -4.21. The van der Waals surface area contributed by atoms with Gasteiger partial charge in [0.2, 0.25) is 0 Å². The first kappa shape index (κ1) is 22.7. The Morgan fingerprint density at radius 2 is 1.54 bits per heavy atom. The Balaban J connectivity index is 1.45. The summed E-state index contributed by atoms with van der Waals surface area (Å²) < 4.78 is 5.10. The van der Waals surface area contributed by atoms with Crippen molar-refractivity contribution < 1.29 is 0 Å². The minimum atomic E-state index is 0.272. The smallest absolute Gasteiger partial charge is 0.134 e. The maximum absolute atomic E-state index is 5.46. The molecule has 1 aliphatic carbocycles. The second-order valence-electron chi connectivity index (χ2n) is 10.9. The van der Waals surface area contributed by atoms with Crippen LogP contribution in [0.5, 0.6) is 0 Å². The van der Waals surface area contributed by atoms with Gasteiger partial charge in [-0.2, -0.15) is 0 Å². The minimum Gasteiger partial charge on any atom is -0.293 e. The number of aromatic nitrogens is 1. The summed E-state index contributed by atoms with van der Waals surface area (Å²) in [4.78, 5) is 5.46. The van der Waals surface area contributed by atoms with Crippen molar-refractivity contribution >= 4 is 64.8 Å². The molecule has 2 atom stereocenters. The first-order valence-electron chi connectivity index (χ1n) is 13.8. The Labute approximate surface area is 231 Å². The molecular weight excluding hydrogens is 492 g/mol. The van der Waals surface area contributed by atoms with Crippen molar-refractivity contribution in [3.05, 3.63) is 126 Å². The zero-order chi connectivity index (χ0) is 25.9. The molecule has 0 amide bonds. The Morgan fingerprint density at radius 3 is 2.41 bits per heavy atom. The van der Waals surface area contributed by atoms with Crippen LogP contribution < -0.4 is 0 Å². The fraction of sp³-hybridized carbons (Fsp3) is 0.139. The number of hydrogen-bond donors (Lipinski definition) is 0. The number of fused-ring (bicyclic) bond motifs is 7. The molecule has 3 heterocycles. The number of aliphatic imine (C=N–C) groups is 1. The van der Waals surface area contributed by atoms with Gasteiger partial charge in [-0.3, -0.25) is 4.57 Å². The summed E-state index contributed by atoms with van der Waals surface area (Å²) in [6.45, 7) is 2.30. The lowest BCUT2D eigenvalue weighted by Gasteiger charge is -2.25. The molecule has 1 aliphatic heterocycles. The zero-order valence-corrected chi connectivity index (χ0v) is 22.7. The predicted molar refractivity (Wildman–Crippen MR) is 169 cm³/mol. The molecule has 2 aliphatic rings. The van der Waals surface area contributed by atoms with E-state index in [1.807, 2.05) is 11.3 Å². The molecule has 39 heavy (non-hydrogen) atoms. The summed E-state index contributed by atoms with van der Waals surface area (Å²) in [6, 6.07) is 33.1. The van der Waals surface area contributed by atoms with Crippen LogP contribution >= 0.6 is 11.3 Å². The average Bonchev–Trinajstić information content (AvgIpc) is 3.53. The van der Waals surface area contributed by atoms with Crippen LogP contribution in [-0.4, -0.2) is 10.3 Å². The summed E-state index contributed by atoms with van der Waals surface area (Å²) in [5.41, 5.74) is 6.40. The quantitative estimate of drug-likeness (QED) is 0.221. The van der Waals surface area contributed by atoms with Gasteiger partial charge < -0.3 is 0 Å². The van der Waals surface area contributed by atoms with Gasteiger partial charge in [-0.25, -0.2) is 4.99 Å². The Morgan fingerprint density at radius 1 is 0.769 bits per heavy atom. The molecule has 2 aromatic heterocycles. The molecule has 2 nitrogen and oxygen atoms in total. The van der Waals surface area contributed by atoms with Crippen LogP contribution in [0, 0.1) is 5.92 Å². The van der Waals surface area contributed by atoms with Crippen LogP contribution in [0.25, 0.3) is 47.8 Å². The van der Waals surface area contributed by atoms with Crippen molar-refractivity contribution in [3.8, 4) is 0 Å². The number of hydrogen-bond acceptors (Lipinski definition) is 2. The first-order valence-corrected chi connectivity index (χ1v) is 14.6. The van der Waals surface area contributed by atoms with E-state index >= 15 is 0 Å². The van der Waals surface area contributed by atoms with Gasteiger partial charge in [0.15, 0.2) is 0 Å². The van der Waals surface area contributed by atoms with Crippen molar-refractivity contribution in [2.45, 2.75) is 25.7 Å². The van der Waals surface area contributed by atoms with Crippen molar-refractivity contribution in [2.75, 3.05) is 0 Å². The van der Waals surface area contributed by atoms with Crippen molar-refractivity contribution in [3.63, 3.8) is 0 Å². The maximum Gasteiger partial charge on any atom is 0.134 e. The van der Waals surface area contributed by atoms with E-state index in [0.717, 1.165) is 18.7 Å². The van der Waals surface area contributed by atoms with Crippen molar-refractivity contribution in [1.29, 1.82) is 0 Å². The third-order valence-corrected chi connectivity index (χ3v) is 9.49. The number of para-hydroxylation sites is 1. The lowest BCUT2D eigenvalue weighted by molar-refractivity contribution is 0.717. The van der Waals surface area contributed by atoms with E-state index in [-0.39, 0.29) is 5.92 Å². The van der Waals surface area contributed by atoms with Crippen molar-refractivity contribution in [1.82, 2.24) is 4.57 Å². The van der Waals surface area contributed by atoms with Gasteiger partial charge in [-0.1, -0.05) is 104 Å². The number of nitrogens with zero attached hydrogens (tertiary/aromatic N) is 2. The number of benzene rings is 4. The first-order chi connectivity index (χ1) is 19.2. The highest BCUT2D eigenvalue weighted by Gasteiger charge is 2.26. The molecule has 0 radical (unpaired) electrons. The SMILES string of the molecule is C[C@@H]1C=CC=C(C2=NC(n3c4ccccc4c4ccc5c6ccccc6sc5c43)=CC(c3ccccc3)C2)C1. The van der Waals surface area contributed by atoms with Crippen LogP contribution in [0.3, 0.4) is 0 Å². The summed E-state index contributed by atoms with van der Waals surface area (Å²) in [7, 11) is 0. The normalized spacial score (nSPS) is 19.6. The molecule has 8 rings (SSSR count). The fourth-order valence-electron chi connectivity index (χ4n) is 6.44. The van der Waals surface area contributed by atoms with E-state index in [2.05, 4.69) is 127 Å². The van der Waals surface area contributed by atoms with Crippen LogP contribution in [0.4, 0.5) is 0 Å². The molecule has 0 saturated carbocycles. The Bertz CT molecular complexity index is 2030. The molecule has 3 heteroatoms. The third kappa shape index (κ3) is 3.65. The molecule has 6 aromatic rings. The average molecular weight is 521 g/mol. The van der Waals surface area contributed by atoms with Gasteiger partial charge in [0, 0.05) is 44.3 Å². The van der Waals surface area contributed by atoms with Gasteiger partial charge in [0.1, 0.15) is 5.82 Å². The molecule has 188 valence electrons. The summed E-state index contributed by atoms with van der Waals surface area (Å²) in [5.74, 6) is 1.83. The van der Waals surface area contributed by atoms with Gasteiger partial charge >= 0.3 is 0 Å². The molecule has 0 fully saturated rings. The van der Waals surface area contributed by atoms with Crippen molar-refractivity contribution in [2.24, 2.45) is 10.9 Å². The summed E-state index contributed by atoms with van der Waals surface area (Å²) in [5, 5.41) is 5.21. The molecule has 1 unspecified atom stereocenters. The largest absolute Gasteiger partial charge is 0.293 e. The van der Waals surface area contributed by atoms with Crippen LogP contribution in [0.2, 0.25) is 0 Å². The van der Waals surface area contributed by atoms with E-state index in [1.165, 1.54) is 58.8 Å². The number of thiophene rings is 1. The highest BCUT2D eigenvalue weighted by atomic mass is 32.1. The van der Waals surface area contributed by atoms with E-state index < -0.39 is 0 Å². The van der Waals surface area contributed by atoms with Crippen LogP contribution in [0.15, 0.2) is 126 Å². The van der Waals surface area contributed by atoms with Gasteiger partial charge in [0.25, 0.3) is 0 Å². The molecule has 0 saturated heterocycles. The Kier molecular flexibility index (Phi) is 5.21. The zero-order valence-electron chi connectivity index (χ0n) is 21.8. The number of rotatable bonds is 3. The highest BCUT2D eigenvalue weighted by molar-refractivity contribution is 7.26. The second-order valence-corrected chi connectivity index (χ2v) is 11.9. The topological polar surface area (TPSA) is 17.3 Å². The number of allylic oxidation sites excluding steroid dienone is 5. The highest BCUT2D eigenvalue weighted by Crippen LogP contribution is 2.44.